The zero-order valence-corrected chi connectivity index (χ0v) is 20.9. The molecule has 2 aliphatic rings. The summed E-state index contributed by atoms with van der Waals surface area (Å²) in [4.78, 5) is 18.2. The Bertz CT molecular complexity index is 1420. The fourth-order valence-corrected chi connectivity index (χ4v) is 5.65. The Kier molecular flexibility index (Phi) is 5.95. The number of aromatic nitrogens is 2. The van der Waals surface area contributed by atoms with Gasteiger partial charge >= 0.3 is 0 Å². The molecule has 0 saturated heterocycles. The van der Waals surface area contributed by atoms with Crippen molar-refractivity contribution in [3.8, 4) is 0 Å². The number of hydrogen-bond acceptors (Lipinski definition) is 2. The summed E-state index contributed by atoms with van der Waals surface area (Å²) >= 11 is 24.0. The molecule has 2 aliphatic carbocycles. The number of H-pyrrole nitrogens is 2. The van der Waals surface area contributed by atoms with Crippen LogP contribution in [0.25, 0.3) is 21.8 Å². The average molecular weight is 524 g/mol. The molecule has 0 saturated carbocycles. The zero-order valence-electron chi connectivity index (χ0n) is 17.9. The van der Waals surface area contributed by atoms with E-state index in [-0.39, 0.29) is 5.78 Å². The lowest BCUT2D eigenvalue weighted by atomic mass is 9.84. The van der Waals surface area contributed by atoms with Crippen molar-refractivity contribution < 1.29 is 9.90 Å². The van der Waals surface area contributed by atoms with Crippen molar-refractivity contribution in [3.63, 3.8) is 0 Å². The molecule has 1 atom stereocenters. The standard InChI is InChI=1S/C13H13Cl2NO.C12H9Cl2NO/c1-13(17)4-2-3-7-8-5-9(14)10(15)6-11(8)16-12(7)13;13-8-4-7-6-2-1-3-11(16)12(6)15-10(7)5-9(8)14/h5-6,16-17H,2-4H2,1H3;4-5,15H,1-3H2. The molecule has 0 aliphatic heterocycles. The topological polar surface area (TPSA) is 68.9 Å². The largest absolute Gasteiger partial charge is 0.384 e. The number of benzene rings is 2. The van der Waals surface area contributed by atoms with Crippen LogP contribution in [0.5, 0.6) is 0 Å². The van der Waals surface area contributed by atoms with Crippen molar-refractivity contribution in [2.45, 2.75) is 51.0 Å². The summed E-state index contributed by atoms with van der Waals surface area (Å²) in [5.74, 6) is 0.185. The van der Waals surface area contributed by atoms with Gasteiger partial charge in [0.25, 0.3) is 0 Å². The predicted molar refractivity (Wildman–Crippen MR) is 136 cm³/mol. The molecule has 3 N–H and O–H groups in total. The van der Waals surface area contributed by atoms with Gasteiger partial charge in [-0.25, -0.2) is 0 Å². The smallest absolute Gasteiger partial charge is 0.179 e. The first kappa shape index (κ1) is 23.1. The minimum absolute atomic E-state index is 0.185. The monoisotopic (exact) mass is 522 g/mol. The molecule has 8 heteroatoms. The molecule has 0 spiro atoms. The van der Waals surface area contributed by atoms with Crippen LogP contribution in [0.3, 0.4) is 0 Å². The molecule has 172 valence electrons. The fraction of sp³-hybridized carbons (Fsp3) is 0.320. The van der Waals surface area contributed by atoms with E-state index in [9.17, 15) is 9.90 Å². The second-order valence-corrected chi connectivity index (χ2v) is 10.6. The van der Waals surface area contributed by atoms with Crippen LogP contribution in [0.1, 0.15) is 59.9 Å². The number of nitrogens with one attached hydrogen (secondary N) is 2. The first-order valence-corrected chi connectivity index (χ1v) is 12.4. The van der Waals surface area contributed by atoms with Crippen LogP contribution in [0.15, 0.2) is 24.3 Å². The van der Waals surface area contributed by atoms with E-state index in [0.29, 0.717) is 26.5 Å². The lowest BCUT2D eigenvalue weighted by Gasteiger charge is -2.28. The number of carbonyl (C=O) groups excluding carboxylic acids is 1. The second kappa shape index (κ2) is 8.51. The summed E-state index contributed by atoms with van der Waals surface area (Å²) in [6, 6.07) is 7.33. The maximum absolute atomic E-state index is 11.7. The number of rotatable bonds is 0. The summed E-state index contributed by atoms with van der Waals surface area (Å²) in [7, 11) is 0. The van der Waals surface area contributed by atoms with Gasteiger partial charge in [-0.1, -0.05) is 46.4 Å². The first-order valence-electron chi connectivity index (χ1n) is 10.9. The SMILES string of the molecule is CC1(O)CCCc2c1[nH]c1cc(Cl)c(Cl)cc21.O=C1CCCc2c1[nH]c1cc(Cl)c(Cl)cc21. The number of aryl methyl sites for hydroxylation is 2. The molecule has 4 nitrogen and oxygen atoms in total. The van der Waals surface area contributed by atoms with E-state index in [4.69, 9.17) is 46.4 Å². The molecule has 2 aromatic carbocycles. The molecule has 0 radical (unpaired) electrons. The van der Waals surface area contributed by atoms with E-state index in [1.807, 2.05) is 25.1 Å². The van der Waals surface area contributed by atoms with Gasteiger partial charge in [-0.15, -0.1) is 0 Å². The van der Waals surface area contributed by atoms with Gasteiger partial charge in [-0.05, 0) is 74.4 Å². The maximum Gasteiger partial charge on any atom is 0.179 e. The van der Waals surface area contributed by atoms with E-state index < -0.39 is 5.60 Å². The Morgan fingerprint density at radius 2 is 1.33 bits per heavy atom. The van der Waals surface area contributed by atoms with Crippen LogP contribution < -0.4 is 0 Å². The van der Waals surface area contributed by atoms with Crippen molar-refractivity contribution in [3.05, 3.63) is 66.9 Å². The Hall–Kier alpha value is -1.69. The van der Waals surface area contributed by atoms with E-state index in [0.717, 1.165) is 70.9 Å². The van der Waals surface area contributed by atoms with Gasteiger partial charge in [0.2, 0.25) is 0 Å². The van der Waals surface area contributed by atoms with Crippen molar-refractivity contribution in [2.75, 3.05) is 0 Å². The Labute approximate surface area is 211 Å². The summed E-state index contributed by atoms with van der Waals surface area (Å²) in [6.45, 7) is 1.85. The summed E-state index contributed by atoms with van der Waals surface area (Å²) in [5, 5.41) is 14.6. The van der Waals surface area contributed by atoms with E-state index in [1.54, 1.807) is 6.07 Å². The van der Waals surface area contributed by atoms with Crippen molar-refractivity contribution >= 4 is 74.0 Å². The minimum atomic E-state index is -0.772. The average Bonchev–Trinajstić information content (AvgIpc) is 3.29. The highest BCUT2D eigenvalue weighted by molar-refractivity contribution is 6.43. The summed E-state index contributed by atoms with van der Waals surface area (Å²) in [5.41, 5.74) is 4.99. The van der Waals surface area contributed by atoms with E-state index >= 15 is 0 Å². The van der Waals surface area contributed by atoms with Crippen molar-refractivity contribution in [1.82, 2.24) is 9.97 Å². The zero-order chi connectivity index (χ0) is 23.5. The van der Waals surface area contributed by atoms with Gasteiger partial charge in [0, 0.05) is 28.2 Å². The molecule has 33 heavy (non-hydrogen) atoms. The van der Waals surface area contributed by atoms with Gasteiger partial charge in [0.1, 0.15) is 5.60 Å². The van der Waals surface area contributed by atoms with Crippen LogP contribution in [-0.2, 0) is 18.4 Å². The fourth-order valence-electron chi connectivity index (χ4n) is 4.99. The molecule has 2 heterocycles. The van der Waals surface area contributed by atoms with Gasteiger partial charge in [0.05, 0.1) is 31.5 Å². The number of Topliss-reactive ketones (excluding diaryl/α,β-unsaturated/α-hetero) is 1. The number of aromatic amines is 2. The van der Waals surface area contributed by atoms with Crippen LogP contribution in [0.4, 0.5) is 0 Å². The normalized spacial score (nSPS) is 19.9. The van der Waals surface area contributed by atoms with Crippen LogP contribution in [0.2, 0.25) is 20.1 Å². The highest BCUT2D eigenvalue weighted by atomic mass is 35.5. The van der Waals surface area contributed by atoms with Gasteiger partial charge < -0.3 is 15.1 Å². The molecule has 0 amide bonds. The Morgan fingerprint density at radius 1 is 0.788 bits per heavy atom. The molecule has 6 rings (SSSR count). The highest BCUT2D eigenvalue weighted by Crippen LogP contribution is 2.40. The molecular weight excluding hydrogens is 502 g/mol. The third-order valence-corrected chi connectivity index (χ3v) is 8.08. The highest BCUT2D eigenvalue weighted by Gasteiger charge is 2.32. The summed E-state index contributed by atoms with van der Waals surface area (Å²) in [6.07, 6.45) is 5.23. The molecule has 0 bridgehead atoms. The van der Waals surface area contributed by atoms with Gasteiger partial charge in [0.15, 0.2) is 5.78 Å². The van der Waals surface area contributed by atoms with Gasteiger partial charge in [-0.2, -0.15) is 0 Å². The van der Waals surface area contributed by atoms with Gasteiger partial charge in [-0.3, -0.25) is 4.79 Å². The number of halogens is 4. The molecule has 2 aromatic heterocycles. The number of hydrogen-bond donors (Lipinski definition) is 3. The Morgan fingerprint density at radius 3 is 2.00 bits per heavy atom. The van der Waals surface area contributed by atoms with E-state index in [2.05, 4.69) is 9.97 Å². The molecule has 1 unspecified atom stereocenters. The van der Waals surface area contributed by atoms with E-state index in [1.165, 1.54) is 5.56 Å². The van der Waals surface area contributed by atoms with Crippen molar-refractivity contribution in [2.24, 2.45) is 0 Å². The van der Waals surface area contributed by atoms with Crippen LogP contribution in [0, 0.1) is 0 Å². The quantitative estimate of drug-likeness (QED) is 0.218. The Balaban J connectivity index is 0.000000139. The number of carbonyl (C=O) groups is 1. The summed E-state index contributed by atoms with van der Waals surface area (Å²) < 4.78 is 0. The second-order valence-electron chi connectivity index (χ2n) is 8.99. The number of aliphatic hydroxyl groups is 1. The maximum atomic E-state index is 11.7. The van der Waals surface area contributed by atoms with Crippen LogP contribution in [-0.4, -0.2) is 20.9 Å². The third kappa shape index (κ3) is 4.06. The minimum Gasteiger partial charge on any atom is -0.384 e. The lowest BCUT2D eigenvalue weighted by Crippen LogP contribution is -2.26. The van der Waals surface area contributed by atoms with Crippen LogP contribution >= 0.6 is 46.4 Å². The van der Waals surface area contributed by atoms with Crippen molar-refractivity contribution in [1.29, 1.82) is 0 Å². The predicted octanol–water partition coefficient (Wildman–Crippen LogP) is 8.01. The number of fused-ring (bicyclic) bond motifs is 6. The molecular formula is C25H22Cl4N2O2. The molecule has 0 fully saturated rings. The number of ketones is 1. The lowest BCUT2D eigenvalue weighted by molar-refractivity contribution is 0.0351. The third-order valence-electron chi connectivity index (χ3n) is 6.63. The molecule has 4 aromatic rings. The first-order chi connectivity index (χ1) is 15.7.